The molecule has 0 spiro atoms. The summed E-state index contributed by atoms with van der Waals surface area (Å²) in [4.78, 5) is 2.81. The van der Waals surface area contributed by atoms with Crippen molar-refractivity contribution in [3.63, 3.8) is 0 Å². The number of hydrogen-bond donors (Lipinski definition) is 1. The highest BCUT2D eigenvalue weighted by molar-refractivity contribution is 4.93. The summed E-state index contributed by atoms with van der Waals surface area (Å²) in [7, 11) is 0. The number of fused-ring (bicyclic) bond motifs is 2. The van der Waals surface area contributed by atoms with E-state index in [1.807, 2.05) is 0 Å². The predicted octanol–water partition coefficient (Wildman–Crippen LogP) is 3.17. The van der Waals surface area contributed by atoms with E-state index < -0.39 is 0 Å². The smallest absolute Gasteiger partial charge is 0.00960 e. The Bertz CT molecular complexity index is 266. The van der Waals surface area contributed by atoms with Crippen LogP contribution in [0.25, 0.3) is 0 Å². The Labute approximate surface area is 113 Å². The Morgan fingerprint density at radius 2 is 1.78 bits per heavy atom. The number of likely N-dealkylation sites (tertiary alicyclic amines) is 1. The predicted molar refractivity (Wildman–Crippen MR) is 76.8 cm³/mol. The lowest BCUT2D eigenvalue weighted by Gasteiger charge is -2.33. The zero-order valence-electron chi connectivity index (χ0n) is 12.2. The molecule has 3 aliphatic heterocycles. The van der Waals surface area contributed by atoms with E-state index in [9.17, 15) is 0 Å². The van der Waals surface area contributed by atoms with E-state index in [0.29, 0.717) is 0 Å². The lowest BCUT2D eigenvalue weighted by atomic mass is 9.89. The third kappa shape index (κ3) is 2.60. The van der Waals surface area contributed by atoms with Gasteiger partial charge in [0.1, 0.15) is 0 Å². The van der Waals surface area contributed by atoms with Crippen molar-refractivity contribution in [2.75, 3.05) is 6.54 Å². The summed E-state index contributed by atoms with van der Waals surface area (Å²) in [6, 6.07) is 3.46. The van der Waals surface area contributed by atoms with Crippen LogP contribution < -0.4 is 5.32 Å². The van der Waals surface area contributed by atoms with Gasteiger partial charge in [0.15, 0.2) is 0 Å². The Hall–Kier alpha value is -0.0800. The van der Waals surface area contributed by atoms with Crippen molar-refractivity contribution in [2.45, 2.75) is 89.4 Å². The molecule has 0 saturated carbocycles. The molecule has 3 heterocycles. The van der Waals surface area contributed by atoms with Gasteiger partial charge in [0.25, 0.3) is 0 Å². The highest BCUT2D eigenvalue weighted by atomic mass is 15.2. The molecule has 3 fully saturated rings. The maximum absolute atomic E-state index is 3.76. The van der Waals surface area contributed by atoms with Crippen LogP contribution in [0.4, 0.5) is 0 Å². The molecular formula is C16H30N2. The van der Waals surface area contributed by atoms with E-state index in [-0.39, 0.29) is 0 Å². The standard InChI is InChI=1S/C16H30N2/c1-3-16-7-4-12(2)18(16)9-8-13-10-14-5-6-15(11-13)17-14/h12-17H,3-11H2,1-2H3. The maximum atomic E-state index is 3.76. The lowest BCUT2D eigenvalue weighted by molar-refractivity contribution is 0.170. The Kier molecular flexibility index (Phi) is 3.95. The molecule has 2 heteroatoms. The van der Waals surface area contributed by atoms with Crippen molar-refractivity contribution in [2.24, 2.45) is 5.92 Å². The minimum Gasteiger partial charge on any atom is -0.311 e. The molecule has 0 aromatic rings. The van der Waals surface area contributed by atoms with E-state index in [1.165, 1.54) is 57.9 Å². The molecule has 3 saturated heterocycles. The molecule has 18 heavy (non-hydrogen) atoms. The van der Waals surface area contributed by atoms with Gasteiger partial charge in [-0.1, -0.05) is 6.92 Å². The van der Waals surface area contributed by atoms with Crippen LogP contribution in [0.1, 0.15) is 65.2 Å². The fourth-order valence-electron chi connectivity index (χ4n) is 4.71. The summed E-state index contributed by atoms with van der Waals surface area (Å²) < 4.78 is 0. The van der Waals surface area contributed by atoms with Crippen molar-refractivity contribution in [3.8, 4) is 0 Å². The summed E-state index contributed by atoms with van der Waals surface area (Å²) in [6.07, 6.45) is 11.5. The van der Waals surface area contributed by atoms with Crippen LogP contribution in [0.5, 0.6) is 0 Å². The Morgan fingerprint density at radius 1 is 1.06 bits per heavy atom. The topological polar surface area (TPSA) is 15.3 Å². The van der Waals surface area contributed by atoms with E-state index >= 15 is 0 Å². The van der Waals surface area contributed by atoms with E-state index in [1.54, 1.807) is 0 Å². The number of piperidine rings is 1. The second-order valence-electron chi connectivity index (χ2n) is 6.99. The molecular weight excluding hydrogens is 220 g/mol. The highest BCUT2D eigenvalue weighted by Gasteiger charge is 2.34. The molecule has 4 atom stereocenters. The normalized spacial score (nSPS) is 44.7. The number of rotatable bonds is 4. The van der Waals surface area contributed by atoms with Crippen LogP contribution >= 0.6 is 0 Å². The molecule has 0 aliphatic carbocycles. The molecule has 3 aliphatic rings. The molecule has 104 valence electrons. The second-order valence-corrected chi connectivity index (χ2v) is 6.99. The molecule has 0 radical (unpaired) electrons. The second kappa shape index (κ2) is 5.50. The molecule has 4 unspecified atom stereocenters. The first-order valence-corrected chi connectivity index (χ1v) is 8.28. The number of nitrogens with one attached hydrogen (secondary N) is 1. The van der Waals surface area contributed by atoms with Gasteiger partial charge in [-0.3, -0.25) is 4.90 Å². The van der Waals surface area contributed by atoms with Gasteiger partial charge >= 0.3 is 0 Å². The third-order valence-corrected chi connectivity index (χ3v) is 5.79. The summed E-state index contributed by atoms with van der Waals surface area (Å²) >= 11 is 0. The van der Waals surface area contributed by atoms with Crippen LogP contribution in [-0.4, -0.2) is 35.6 Å². The average molecular weight is 250 g/mol. The molecule has 0 aromatic carbocycles. The molecule has 0 amide bonds. The van der Waals surface area contributed by atoms with Crippen LogP contribution in [0.3, 0.4) is 0 Å². The van der Waals surface area contributed by atoms with Gasteiger partial charge in [-0.25, -0.2) is 0 Å². The van der Waals surface area contributed by atoms with E-state index in [4.69, 9.17) is 0 Å². The van der Waals surface area contributed by atoms with E-state index in [0.717, 1.165) is 30.1 Å². The number of hydrogen-bond acceptors (Lipinski definition) is 2. The first-order valence-electron chi connectivity index (χ1n) is 8.28. The maximum Gasteiger partial charge on any atom is 0.00960 e. The lowest BCUT2D eigenvalue weighted by Crippen LogP contribution is -2.40. The van der Waals surface area contributed by atoms with Crippen molar-refractivity contribution in [3.05, 3.63) is 0 Å². The van der Waals surface area contributed by atoms with Crippen LogP contribution in [-0.2, 0) is 0 Å². The fraction of sp³-hybridized carbons (Fsp3) is 1.00. The van der Waals surface area contributed by atoms with Gasteiger partial charge in [-0.15, -0.1) is 0 Å². The zero-order valence-corrected chi connectivity index (χ0v) is 12.2. The van der Waals surface area contributed by atoms with Crippen molar-refractivity contribution in [1.29, 1.82) is 0 Å². The highest BCUT2D eigenvalue weighted by Crippen LogP contribution is 2.34. The van der Waals surface area contributed by atoms with Crippen LogP contribution in [0.15, 0.2) is 0 Å². The minimum absolute atomic E-state index is 0.841. The quantitative estimate of drug-likeness (QED) is 0.824. The zero-order chi connectivity index (χ0) is 12.5. The van der Waals surface area contributed by atoms with Gasteiger partial charge in [0, 0.05) is 24.2 Å². The summed E-state index contributed by atoms with van der Waals surface area (Å²) in [5.74, 6) is 1.01. The third-order valence-electron chi connectivity index (χ3n) is 5.79. The Morgan fingerprint density at radius 3 is 2.44 bits per heavy atom. The number of nitrogens with zero attached hydrogens (tertiary/aromatic N) is 1. The van der Waals surface area contributed by atoms with Crippen molar-refractivity contribution in [1.82, 2.24) is 10.2 Å². The van der Waals surface area contributed by atoms with Gasteiger partial charge < -0.3 is 5.32 Å². The first-order chi connectivity index (χ1) is 8.76. The monoisotopic (exact) mass is 250 g/mol. The minimum atomic E-state index is 0.841. The molecule has 2 bridgehead atoms. The largest absolute Gasteiger partial charge is 0.311 e. The average Bonchev–Trinajstić information content (AvgIpc) is 2.90. The molecule has 2 nitrogen and oxygen atoms in total. The van der Waals surface area contributed by atoms with Crippen molar-refractivity contribution < 1.29 is 0 Å². The van der Waals surface area contributed by atoms with Crippen molar-refractivity contribution >= 4 is 0 Å². The fourth-order valence-corrected chi connectivity index (χ4v) is 4.71. The summed E-state index contributed by atoms with van der Waals surface area (Å²) in [5, 5.41) is 3.76. The Balaban J connectivity index is 1.48. The summed E-state index contributed by atoms with van der Waals surface area (Å²) in [6.45, 7) is 6.16. The van der Waals surface area contributed by atoms with Gasteiger partial charge in [0.2, 0.25) is 0 Å². The van der Waals surface area contributed by atoms with Crippen LogP contribution in [0, 0.1) is 5.92 Å². The first kappa shape index (κ1) is 12.9. The van der Waals surface area contributed by atoms with Crippen LogP contribution in [0.2, 0.25) is 0 Å². The molecule has 0 aromatic heterocycles. The van der Waals surface area contributed by atoms with Gasteiger partial charge in [-0.05, 0) is 70.8 Å². The van der Waals surface area contributed by atoms with E-state index in [2.05, 4.69) is 24.1 Å². The SMILES string of the molecule is CCC1CCC(C)N1CCC1CC2CCC(C1)N2. The molecule has 1 N–H and O–H groups in total. The molecule has 3 rings (SSSR count). The van der Waals surface area contributed by atoms with Gasteiger partial charge in [0.05, 0.1) is 0 Å². The van der Waals surface area contributed by atoms with Gasteiger partial charge in [-0.2, -0.15) is 0 Å². The summed E-state index contributed by atoms with van der Waals surface area (Å²) in [5.41, 5.74) is 0.